The second kappa shape index (κ2) is 11.9. The molecule has 1 heterocycles. The number of piperazine rings is 1. The Hall–Kier alpha value is -2.13. The molecule has 0 radical (unpaired) electrons. The van der Waals surface area contributed by atoms with E-state index in [2.05, 4.69) is 17.0 Å². The highest BCUT2D eigenvalue weighted by molar-refractivity contribution is 7.89. The fraction of sp³-hybridized carbons (Fsp3) is 0.269. The Bertz CT molecular complexity index is 1280. The van der Waals surface area contributed by atoms with E-state index in [1.165, 1.54) is 29.8 Å². The lowest BCUT2D eigenvalue weighted by atomic mass is 10.2. The Balaban J connectivity index is 1.50. The smallest absolute Gasteiger partial charge is 0.243 e. The summed E-state index contributed by atoms with van der Waals surface area (Å²) in [6, 6.07) is 21.0. The molecule has 0 bridgehead atoms. The van der Waals surface area contributed by atoms with Crippen LogP contribution in [0.3, 0.4) is 0 Å². The molecule has 190 valence electrons. The molecule has 1 amide bonds. The van der Waals surface area contributed by atoms with Crippen molar-refractivity contribution in [1.82, 2.24) is 14.1 Å². The second-order valence-corrected chi connectivity index (χ2v) is 11.8. The number of halogens is 3. The molecule has 0 atom stereocenters. The largest absolute Gasteiger partial charge is 0.339 e. The topological polar surface area (TPSA) is 60.9 Å². The number of rotatable bonds is 8. The summed E-state index contributed by atoms with van der Waals surface area (Å²) in [7, 11) is -4.04. The summed E-state index contributed by atoms with van der Waals surface area (Å²) in [5, 5.41) is 1.08. The van der Waals surface area contributed by atoms with Gasteiger partial charge in [-0.3, -0.25) is 9.69 Å². The van der Waals surface area contributed by atoms with Crippen molar-refractivity contribution in [2.24, 2.45) is 0 Å². The molecule has 4 rings (SSSR count). The fourth-order valence-corrected chi connectivity index (χ4v) is 6.09. The highest BCUT2D eigenvalue weighted by Gasteiger charge is 2.31. The quantitative estimate of drug-likeness (QED) is 0.377. The zero-order valence-electron chi connectivity index (χ0n) is 19.5. The van der Waals surface area contributed by atoms with Crippen molar-refractivity contribution in [3.05, 3.63) is 99.0 Å². The number of sulfonamides is 1. The number of carbonyl (C=O) groups is 1. The molecule has 0 aliphatic carbocycles. The van der Waals surface area contributed by atoms with Crippen LogP contribution in [0.25, 0.3) is 0 Å². The van der Waals surface area contributed by atoms with Gasteiger partial charge in [0, 0.05) is 59.9 Å². The number of hydrogen-bond acceptors (Lipinski definition) is 4. The fourth-order valence-electron chi connectivity index (χ4n) is 4.09. The molecule has 1 aliphatic rings. The molecular formula is C26H26Cl3N3O3S. The van der Waals surface area contributed by atoms with Crippen LogP contribution < -0.4 is 0 Å². The molecule has 0 spiro atoms. The van der Waals surface area contributed by atoms with Crippen LogP contribution in [0.1, 0.15) is 11.1 Å². The molecule has 36 heavy (non-hydrogen) atoms. The van der Waals surface area contributed by atoms with Crippen molar-refractivity contribution in [2.45, 2.75) is 18.0 Å². The minimum Gasteiger partial charge on any atom is -0.339 e. The Morgan fingerprint density at radius 3 is 2.03 bits per heavy atom. The van der Waals surface area contributed by atoms with Crippen molar-refractivity contribution in [3.63, 3.8) is 0 Å². The first kappa shape index (κ1) is 26.9. The second-order valence-electron chi connectivity index (χ2n) is 8.57. The van der Waals surface area contributed by atoms with Gasteiger partial charge in [-0.15, -0.1) is 0 Å². The van der Waals surface area contributed by atoms with Crippen molar-refractivity contribution in [3.8, 4) is 0 Å². The van der Waals surface area contributed by atoms with Crippen LogP contribution in [0.4, 0.5) is 0 Å². The summed E-state index contributed by atoms with van der Waals surface area (Å²) in [5.41, 5.74) is 1.66. The highest BCUT2D eigenvalue weighted by atomic mass is 35.5. The maximum absolute atomic E-state index is 13.6. The molecule has 10 heteroatoms. The first-order valence-electron chi connectivity index (χ1n) is 11.5. The van der Waals surface area contributed by atoms with Gasteiger partial charge in [-0.25, -0.2) is 8.42 Å². The predicted molar refractivity (Wildman–Crippen MR) is 144 cm³/mol. The molecule has 1 saturated heterocycles. The minimum absolute atomic E-state index is 0.0376. The number of amides is 1. The molecular weight excluding hydrogens is 541 g/mol. The van der Waals surface area contributed by atoms with Crippen LogP contribution in [-0.4, -0.2) is 61.2 Å². The van der Waals surface area contributed by atoms with Crippen LogP contribution >= 0.6 is 34.8 Å². The van der Waals surface area contributed by atoms with E-state index in [-0.39, 0.29) is 23.9 Å². The Labute approximate surface area is 227 Å². The monoisotopic (exact) mass is 565 g/mol. The van der Waals surface area contributed by atoms with Crippen molar-refractivity contribution in [2.75, 3.05) is 32.7 Å². The normalized spacial score (nSPS) is 14.8. The summed E-state index contributed by atoms with van der Waals surface area (Å²) in [6.07, 6.45) is 0. The van der Waals surface area contributed by atoms with E-state index < -0.39 is 10.0 Å². The molecule has 1 fully saturated rings. The number of nitrogens with zero attached hydrogens (tertiary/aromatic N) is 3. The molecule has 0 unspecified atom stereocenters. The summed E-state index contributed by atoms with van der Waals surface area (Å²) < 4.78 is 28.3. The first-order valence-corrected chi connectivity index (χ1v) is 14.0. The van der Waals surface area contributed by atoms with Crippen molar-refractivity contribution >= 4 is 50.7 Å². The zero-order valence-corrected chi connectivity index (χ0v) is 22.6. The van der Waals surface area contributed by atoms with E-state index in [0.29, 0.717) is 46.8 Å². The van der Waals surface area contributed by atoms with Crippen LogP contribution in [0.15, 0.2) is 77.7 Å². The third-order valence-electron chi connectivity index (χ3n) is 6.13. The minimum atomic E-state index is -4.04. The van der Waals surface area contributed by atoms with Gasteiger partial charge in [0.15, 0.2) is 0 Å². The summed E-state index contributed by atoms with van der Waals surface area (Å²) in [4.78, 5) is 17.3. The lowest BCUT2D eigenvalue weighted by Crippen LogP contribution is -2.51. The van der Waals surface area contributed by atoms with Gasteiger partial charge in [0.1, 0.15) is 0 Å². The van der Waals surface area contributed by atoms with Gasteiger partial charge < -0.3 is 4.90 Å². The summed E-state index contributed by atoms with van der Waals surface area (Å²) in [6.45, 7) is 2.81. The Morgan fingerprint density at radius 2 is 1.42 bits per heavy atom. The average Bonchev–Trinajstić information content (AvgIpc) is 2.87. The van der Waals surface area contributed by atoms with Crippen LogP contribution in [0, 0.1) is 0 Å². The van der Waals surface area contributed by atoms with Gasteiger partial charge in [0.2, 0.25) is 15.9 Å². The third-order valence-corrected chi connectivity index (χ3v) is 8.90. The van der Waals surface area contributed by atoms with E-state index >= 15 is 0 Å². The van der Waals surface area contributed by atoms with Gasteiger partial charge >= 0.3 is 0 Å². The Kier molecular flexibility index (Phi) is 8.93. The van der Waals surface area contributed by atoms with Gasteiger partial charge in [0.05, 0.1) is 11.4 Å². The van der Waals surface area contributed by atoms with Crippen LogP contribution in [0.2, 0.25) is 15.1 Å². The molecule has 3 aromatic rings. The SMILES string of the molecule is O=C(CN(Cc1c(Cl)cccc1Cl)S(=O)(=O)c1ccc(Cl)cc1)N1CCN(Cc2ccccc2)CC1. The molecule has 1 aliphatic heterocycles. The van der Waals surface area contributed by atoms with E-state index in [0.717, 1.165) is 10.8 Å². The number of benzene rings is 3. The first-order chi connectivity index (χ1) is 17.2. The van der Waals surface area contributed by atoms with E-state index in [1.54, 1.807) is 23.1 Å². The van der Waals surface area contributed by atoms with Gasteiger partial charge in [0.25, 0.3) is 0 Å². The third kappa shape index (κ3) is 6.59. The van der Waals surface area contributed by atoms with Gasteiger partial charge in [-0.1, -0.05) is 71.2 Å². The molecule has 3 aromatic carbocycles. The van der Waals surface area contributed by atoms with E-state index in [1.807, 2.05) is 18.2 Å². The van der Waals surface area contributed by atoms with Gasteiger partial charge in [-0.2, -0.15) is 4.31 Å². The molecule has 0 aromatic heterocycles. The number of carbonyl (C=O) groups excluding carboxylic acids is 1. The average molecular weight is 567 g/mol. The van der Waals surface area contributed by atoms with Crippen LogP contribution in [-0.2, 0) is 27.9 Å². The summed E-state index contributed by atoms with van der Waals surface area (Å²) >= 11 is 18.6. The van der Waals surface area contributed by atoms with E-state index in [9.17, 15) is 13.2 Å². The zero-order chi connectivity index (χ0) is 25.7. The number of hydrogen-bond donors (Lipinski definition) is 0. The highest BCUT2D eigenvalue weighted by Crippen LogP contribution is 2.28. The maximum atomic E-state index is 13.6. The van der Waals surface area contributed by atoms with Crippen molar-refractivity contribution in [1.29, 1.82) is 0 Å². The molecule has 0 saturated carbocycles. The van der Waals surface area contributed by atoms with E-state index in [4.69, 9.17) is 34.8 Å². The van der Waals surface area contributed by atoms with Gasteiger partial charge in [-0.05, 0) is 42.0 Å². The lowest BCUT2D eigenvalue weighted by Gasteiger charge is -2.35. The lowest BCUT2D eigenvalue weighted by molar-refractivity contribution is -0.133. The Morgan fingerprint density at radius 1 is 0.806 bits per heavy atom. The summed E-state index contributed by atoms with van der Waals surface area (Å²) in [5.74, 6) is -0.268. The van der Waals surface area contributed by atoms with Crippen LogP contribution in [0.5, 0.6) is 0 Å². The standard InChI is InChI=1S/C26H26Cl3N3O3S/c27-21-9-11-22(12-10-21)36(34,35)32(18-23-24(28)7-4-8-25(23)29)19-26(33)31-15-13-30(14-16-31)17-20-5-2-1-3-6-20/h1-12H,13-19H2. The maximum Gasteiger partial charge on any atom is 0.243 e. The molecule has 0 N–H and O–H groups in total. The predicted octanol–water partition coefficient (Wildman–Crippen LogP) is 5.18. The molecule has 6 nitrogen and oxygen atoms in total. The van der Waals surface area contributed by atoms with Crippen molar-refractivity contribution < 1.29 is 13.2 Å².